The van der Waals surface area contributed by atoms with Crippen molar-refractivity contribution < 1.29 is 222 Å². The van der Waals surface area contributed by atoms with Gasteiger partial charge in [-0.3, -0.25) is 19.5 Å². The average Bonchev–Trinajstić information content (AvgIpc) is 0.820. The van der Waals surface area contributed by atoms with Crippen LogP contribution in [0, 0.1) is 0 Å². The summed E-state index contributed by atoms with van der Waals surface area (Å²) in [5, 5.41) is 46.7. The Bertz CT molecular complexity index is 2770. The summed E-state index contributed by atoms with van der Waals surface area (Å²) in [6.07, 6.45) is 0. The number of ether oxygens (including phenoxy) is 27. The minimum atomic E-state index is -1.60. The molecule has 0 aliphatic carbocycles. The van der Waals surface area contributed by atoms with Gasteiger partial charge in [-0.15, -0.1) is 0 Å². The first-order valence-electron chi connectivity index (χ1n) is 38.1. The summed E-state index contributed by atoms with van der Waals surface area (Å²) in [5.41, 5.74) is 1.36. The molecule has 0 heterocycles. The second-order valence-electron chi connectivity index (χ2n) is 24.5. The Balaban J connectivity index is 0.0000348. The minimum absolute atomic E-state index is 0. The normalized spacial score (nSPS) is 11.2. The number of carbonyl (C=O) groups excluding carboxylic acids is 5. The number of carbonyl (C=O) groups is 5. The maximum absolute atomic E-state index is 13.9. The smallest absolute Gasteiger partial charge is 0.549 e. The van der Waals surface area contributed by atoms with E-state index in [1.807, 2.05) is 0 Å². The molecule has 0 aliphatic rings. The second kappa shape index (κ2) is 76.1. The molecule has 0 fully saturated rings. The Morgan fingerprint density at radius 3 is 0.720 bits per heavy atom. The van der Waals surface area contributed by atoms with Crippen LogP contribution in [0.15, 0.2) is 42.5 Å². The van der Waals surface area contributed by atoms with Gasteiger partial charge in [0.1, 0.15) is 71.0 Å². The Kier molecular flexibility index (Phi) is 71.1. The van der Waals surface area contributed by atoms with Crippen LogP contribution in [0.3, 0.4) is 0 Å². The van der Waals surface area contributed by atoms with Crippen LogP contribution < -0.4 is 87.9 Å². The molecular weight excluding hydrogens is 1660 g/mol. The van der Waals surface area contributed by atoms with E-state index in [9.17, 15) is 44.4 Å². The summed E-state index contributed by atoms with van der Waals surface area (Å²) in [6, 6.07) is 11.6. The number of nitrogens with zero attached hydrogens (tertiary/aromatic N) is 3. The summed E-state index contributed by atoms with van der Waals surface area (Å²) in [6.45, 7) is 4.39. The van der Waals surface area contributed by atoms with Crippen molar-refractivity contribution in [3.05, 3.63) is 59.2 Å². The van der Waals surface area contributed by atoms with Crippen LogP contribution in [0.2, 0.25) is 0 Å². The number of carboxylic acid groups (broad SMARTS) is 4. The fourth-order valence-corrected chi connectivity index (χ4v) is 9.77. The molecule has 0 atom stereocenters. The number of hydrogen-bond acceptors (Lipinski definition) is 39. The third-order valence-corrected chi connectivity index (χ3v) is 15.3. The summed E-state index contributed by atoms with van der Waals surface area (Å²) >= 11 is 0. The van der Waals surface area contributed by atoms with E-state index >= 15 is 0 Å². The second-order valence-corrected chi connectivity index (χ2v) is 24.5. The largest absolute Gasteiger partial charge is 1.00 e. The van der Waals surface area contributed by atoms with Gasteiger partial charge in [0.2, 0.25) is 11.5 Å². The Hall–Kier alpha value is -5.78. The molecule has 0 bridgehead atoms. The number of methoxy groups -OCH3 is 6. The first-order chi connectivity index (χ1) is 56.6. The number of esters is 1. The van der Waals surface area contributed by atoms with Gasteiger partial charge in [0.15, 0.2) is 23.0 Å². The maximum atomic E-state index is 13.9. The van der Waals surface area contributed by atoms with Crippen LogP contribution in [-0.2, 0) is 154 Å². The standard InChI is InChI=1S/C77H125N3O36.Na.Tc/c1-90-11-17-96-23-29-102-35-41-108-67-49-63(50-68(109-42-36-103-30-24-97-18-12-91-2)76(67)112-45-39-106-33-27-100-21-15-94-5)59-114-65-47-62(61-116-75(89)58-80(57-74(87)88)10-8-78(54-71(81)82)7-9-79(55-72(83)84)56-73(85)86)48-66(53-65)115-60-64-51-69(110-43-37-104-31-25-98-19-13-92-3)77(113-46-40-107-34-28-101-22-16-95-6)70(52-64)111-44-38-105-32-26-99-20-14-93-4;;/h47-53H,7-46,54-61H2,1-6H3,(H,81,82)(H,83,84)(H,85,86)(H,87,88);;/q;+1;/p-4/i;;1+1. The van der Waals surface area contributed by atoms with Gasteiger partial charge >= 0.3 is 35.5 Å². The van der Waals surface area contributed by atoms with Crippen molar-refractivity contribution >= 4 is 29.8 Å². The van der Waals surface area contributed by atoms with Crippen molar-refractivity contribution in [3.8, 4) is 46.0 Å². The summed E-state index contributed by atoms with van der Waals surface area (Å²) < 4.78 is 156. The number of aliphatic carboxylic acids is 4. The summed E-state index contributed by atoms with van der Waals surface area (Å²) in [5.74, 6) is -5.33. The van der Waals surface area contributed by atoms with E-state index < -0.39 is 69.2 Å². The van der Waals surface area contributed by atoms with Gasteiger partial charge in [0, 0.05) is 121 Å². The molecule has 39 nitrogen and oxygen atoms in total. The minimum Gasteiger partial charge on any atom is -0.549 e. The van der Waals surface area contributed by atoms with E-state index in [2.05, 4.69) is 0 Å². The fourth-order valence-electron chi connectivity index (χ4n) is 9.77. The van der Waals surface area contributed by atoms with Gasteiger partial charge in [-0.25, -0.2) is 0 Å². The zero-order chi connectivity index (χ0) is 84.0. The molecule has 41 heteroatoms. The van der Waals surface area contributed by atoms with E-state index in [4.69, 9.17) is 128 Å². The van der Waals surface area contributed by atoms with Crippen molar-refractivity contribution in [2.45, 2.75) is 19.8 Å². The van der Waals surface area contributed by atoms with Crippen molar-refractivity contribution in [1.29, 1.82) is 0 Å². The van der Waals surface area contributed by atoms with Crippen molar-refractivity contribution in [2.75, 3.05) is 339 Å². The van der Waals surface area contributed by atoms with Crippen LogP contribution in [0.25, 0.3) is 0 Å². The zero-order valence-corrected chi connectivity index (χ0v) is 73.3. The molecular formula is C77H121N3NaO36Tc-3. The average molecular weight is 1790 g/mol. The third-order valence-electron chi connectivity index (χ3n) is 15.3. The van der Waals surface area contributed by atoms with Gasteiger partial charge in [0.25, 0.3) is 0 Å². The van der Waals surface area contributed by atoms with Gasteiger partial charge in [-0.2, -0.15) is 0 Å². The molecule has 0 spiro atoms. The molecule has 3 rings (SSSR count). The maximum Gasteiger partial charge on any atom is 1.00 e. The van der Waals surface area contributed by atoms with Crippen LogP contribution >= 0.6 is 0 Å². The quantitative estimate of drug-likeness (QED) is 0.0288. The topological polar surface area (TPSA) is 437 Å². The molecule has 3 aromatic rings. The SMILES string of the molecule is COCCOCCOCCOc1cc(COc2cc(COC(=O)CN(CCN(CCN(CC(=O)[O-])CC(=O)[O-])CC(=O)[O-])CC(=O)[O-])cc(OCc3cc(OCCOCCOCCOC)c(OCCOCCOCCOC)c(OCCOCCOCCOC)c3)c2)cc(OCCOCCOCCOC)c1OCCOCCOCCOC.[99Tc].[Na+]. The number of benzene rings is 3. The predicted molar refractivity (Wildman–Crippen MR) is 401 cm³/mol. The zero-order valence-electron chi connectivity index (χ0n) is 69.4. The molecule has 0 aliphatic heterocycles. The summed E-state index contributed by atoms with van der Waals surface area (Å²) in [7, 11) is 9.50. The predicted octanol–water partition coefficient (Wildman–Crippen LogP) is -5.85. The molecule has 1 radical (unpaired) electrons. The third kappa shape index (κ3) is 59.0. The van der Waals surface area contributed by atoms with Crippen LogP contribution in [0.5, 0.6) is 46.0 Å². The molecule has 0 amide bonds. The van der Waals surface area contributed by atoms with Crippen LogP contribution in [0.4, 0.5) is 0 Å². The van der Waals surface area contributed by atoms with Crippen molar-refractivity contribution in [3.63, 3.8) is 0 Å². The summed E-state index contributed by atoms with van der Waals surface area (Å²) in [4.78, 5) is 63.9. The fraction of sp³-hybridized carbons (Fsp3) is 0.701. The first kappa shape index (κ1) is 110. The van der Waals surface area contributed by atoms with Gasteiger partial charge < -0.3 is 167 Å². The Morgan fingerprint density at radius 2 is 0.466 bits per heavy atom. The van der Waals surface area contributed by atoms with Gasteiger partial charge in [0.05, 0.1) is 229 Å². The van der Waals surface area contributed by atoms with E-state index in [0.29, 0.717) is 136 Å². The number of carboxylic acids is 4. The van der Waals surface area contributed by atoms with E-state index in [1.54, 1.807) is 85.1 Å². The van der Waals surface area contributed by atoms with Crippen molar-refractivity contribution in [1.82, 2.24) is 14.7 Å². The van der Waals surface area contributed by atoms with Crippen molar-refractivity contribution in [2.24, 2.45) is 0 Å². The molecule has 671 valence electrons. The van der Waals surface area contributed by atoms with Crippen LogP contribution in [0.1, 0.15) is 16.7 Å². The molecule has 0 aromatic heterocycles. The number of rotatable bonds is 84. The Morgan fingerprint density at radius 1 is 0.254 bits per heavy atom. The monoisotopic (exact) mass is 1790 g/mol. The molecule has 0 unspecified atom stereocenters. The first-order valence-corrected chi connectivity index (χ1v) is 38.1. The molecule has 3 aromatic carbocycles. The van der Waals surface area contributed by atoms with Crippen LogP contribution in [-0.4, -0.2) is 384 Å². The molecule has 0 saturated carbocycles. The van der Waals surface area contributed by atoms with E-state index in [1.165, 1.54) is 4.90 Å². The van der Waals surface area contributed by atoms with E-state index in [-0.39, 0.29) is 254 Å². The molecule has 0 N–H and O–H groups in total. The molecule has 118 heavy (non-hydrogen) atoms. The molecule has 0 saturated heterocycles. The van der Waals surface area contributed by atoms with Gasteiger partial charge in [-0.05, 0) is 53.1 Å². The van der Waals surface area contributed by atoms with E-state index in [0.717, 1.165) is 9.80 Å². The Labute approximate surface area is 726 Å². The number of hydrogen-bond donors (Lipinski definition) is 0. The van der Waals surface area contributed by atoms with Gasteiger partial charge in [-0.1, -0.05) is 0 Å².